The summed E-state index contributed by atoms with van der Waals surface area (Å²) < 4.78 is 5.90. The van der Waals surface area contributed by atoms with Gasteiger partial charge in [-0.1, -0.05) is 54.6 Å². The van der Waals surface area contributed by atoms with Gasteiger partial charge in [-0.2, -0.15) is 0 Å². The Morgan fingerprint density at radius 3 is 2.31 bits per heavy atom. The third kappa shape index (κ3) is 3.01. The van der Waals surface area contributed by atoms with Crippen LogP contribution in [0.1, 0.15) is 5.69 Å². The van der Waals surface area contributed by atoms with Crippen LogP contribution >= 0.6 is 0 Å². The molecule has 0 aliphatic heterocycles. The van der Waals surface area contributed by atoms with Crippen molar-refractivity contribution in [1.82, 2.24) is 4.98 Å². The zero-order chi connectivity index (χ0) is 20.0. The summed E-state index contributed by atoms with van der Waals surface area (Å²) >= 11 is 0. The summed E-state index contributed by atoms with van der Waals surface area (Å²) in [7, 11) is -1.62. The Morgan fingerprint density at radius 2 is 1.55 bits per heavy atom. The second kappa shape index (κ2) is 6.89. The molecule has 0 atom stereocenters. The fraction of sp³-hybridized carbons (Fsp3) is 0.0417. The van der Waals surface area contributed by atoms with Gasteiger partial charge in [0.25, 0.3) is 0 Å². The maximum atomic E-state index is 9.93. The molecular weight excluding hydrogens is 361 g/mol. The van der Waals surface area contributed by atoms with Crippen molar-refractivity contribution in [3.63, 3.8) is 0 Å². The fourth-order valence-corrected chi connectivity index (χ4v) is 3.84. The van der Waals surface area contributed by atoms with Gasteiger partial charge in [-0.3, -0.25) is 4.98 Å². The molecular formula is C24H18BNO3. The zero-order valence-corrected chi connectivity index (χ0v) is 15.8. The number of rotatable bonds is 3. The number of hydrogen-bond acceptors (Lipinski definition) is 4. The average Bonchev–Trinajstić information content (AvgIpc) is 3.12. The van der Waals surface area contributed by atoms with Crippen LogP contribution in [0.15, 0.2) is 83.4 Å². The predicted molar refractivity (Wildman–Crippen MR) is 117 cm³/mol. The lowest BCUT2D eigenvalue weighted by Crippen LogP contribution is -2.30. The van der Waals surface area contributed by atoms with E-state index in [0.29, 0.717) is 11.0 Å². The maximum absolute atomic E-state index is 9.93. The molecule has 140 valence electrons. The number of pyridine rings is 1. The molecule has 3 aromatic carbocycles. The Morgan fingerprint density at radius 1 is 0.793 bits per heavy atom. The Hall–Kier alpha value is -3.41. The summed E-state index contributed by atoms with van der Waals surface area (Å²) in [5.74, 6) is 0. The summed E-state index contributed by atoms with van der Waals surface area (Å²) in [6.45, 7) is 2.00. The van der Waals surface area contributed by atoms with Gasteiger partial charge >= 0.3 is 7.12 Å². The summed E-state index contributed by atoms with van der Waals surface area (Å²) in [4.78, 5) is 4.36. The van der Waals surface area contributed by atoms with E-state index < -0.39 is 7.12 Å². The van der Waals surface area contributed by atoms with Gasteiger partial charge in [0, 0.05) is 33.7 Å². The Kier molecular flexibility index (Phi) is 4.20. The van der Waals surface area contributed by atoms with E-state index in [1.54, 1.807) is 12.3 Å². The van der Waals surface area contributed by atoms with Crippen molar-refractivity contribution in [3.05, 3.63) is 84.7 Å². The van der Waals surface area contributed by atoms with Gasteiger partial charge in [0.05, 0.1) is 0 Å². The molecule has 0 saturated carbocycles. The van der Waals surface area contributed by atoms with E-state index in [0.717, 1.165) is 44.3 Å². The highest BCUT2D eigenvalue weighted by atomic mass is 16.4. The molecule has 5 rings (SSSR count). The average molecular weight is 379 g/mol. The van der Waals surface area contributed by atoms with Crippen molar-refractivity contribution >= 4 is 34.5 Å². The molecule has 0 spiro atoms. The monoisotopic (exact) mass is 379 g/mol. The van der Waals surface area contributed by atoms with Crippen molar-refractivity contribution in [2.45, 2.75) is 6.92 Å². The normalized spacial score (nSPS) is 11.3. The topological polar surface area (TPSA) is 66.5 Å². The van der Waals surface area contributed by atoms with Crippen LogP contribution in [-0.2, 0) is 0 Å². The Labute approximate surface area is 168 Å². The molecule has 2 heterocycles. The van der Waals surface area contributed by atoms with Crippen molar-refractivity contribution in [2.24, 2.45) is 0 Å². The van der Waals surface area contributed by atoms with E-state index in [1.165, 1.54) is 0 Å². The van der Waals surface area contributed by atoms with Crippen LogP contribution in [0.5, 0.6) is 0 Å². The maximum Gasteiger partial charge on any atom is 0.492 e. The minimum absolute atomic E-state index is 0.362. The van der Waals surface area contributed by atoms with Gasteiger partial charge in [0.1, 0.15) is 11.2 Å². The van der Waals surface area contributed by atoms with Crippen molar-refractivity contribution in [1.29, 1.82) is 0 Å². The van der Waals surface area contributed by atoms with Crippen LogP contribution in [0.4, 0.5) is 0 Å². The quantitative estimate of drug-likeness (QED) is 0.459. The van der Waals surface area contributed by atoms with E-state index in [9.17, 15) is 10.0 Å². The van der Waals surface area contributed by atoms with Crippen LogP contribution in [-0.4, -0.2) is 22.2 Å². The molecule has 0 unspecified atom stereocenters. The van der Waals surface area contributed by atoms with Gasteiger partial charge in [-0.05, 0) is 41.8 Å². The number of furan rings is 1. The number of benzene rings is 3. The van der Waals surface area contributed by atoms with E-state index >= 15 is 0 Å². The minimum atomic E-state index is -1.62. The first-order valence-corrected chi connectivity index (χ1v) is 9.45. The summed E-state index contributed by atoms with van der Waals surface area (Å²) in [6, 6.07) is 23.7. The number of aromatic nitrogens is 1. The molecule has 0 bridgehead atoms. The first kappa shape index (κ1) is 17.7. The van der Waals surface area contributed by atoms with E-state index in [4.69, 9.17) is 4.42 Å². The van der Waals surface area contributed by atoms with Crippen LogP contribution in [0.25, 0.3) is 44.2 Å². The number of fused-ring (bicyclic) bond motifs is 3. The predicted octanol–water partition coefficient (Wildman–Crippen LogP) is 4.30. The summed E-state index contributed by atoms with van der Waals surface area (Å²) in [5.41, 5.74) is 6.67. The minimum Gasteiger partial charge on any atom is -0.456 e. The second-order valence-electron chi connectivity index (χ2n) is 7.13. The molecule has 0 aliphatic carbocycles. The Bertz CT molecular complexity index is 1340. The third-order valence-electron chi connectivity index (χ3n) is 5.32. The van der Waals surface area contributed by atoms with Gasteiger partial charge in [-0.25, -0.2) is 0 Å². The Balaban J connectivity index is 1.67. The first-order chi connectivity index (χ1) is 14.1. The highest BCUT2D eigenvalue weighted by molar-refractivity contribution is 6.62. The molecule has 0 amide bonds. The molecule has 29 heavy (non-hydrogen) atoms. The van der Waals surface area contributed by atoms with Crippen molar-refractivity contribution < 1.29 is 14.5 Å². The molecule has 0 radical (unpaired) electrons. The summed E-state index contributed by atoms with van der Waals surface area (Å²) in [5, 5.41) is 21.7. The largest absolute Gasteiger partial charge is 0.492 e. The molecule has 0 saturated heterocycles. The standard InChI is InChI=1S/C24H18BNO3/c1-15-19(6-4-12-26-15)17-10-8-16(9-11-17)18-13-21-20-5-2-3-7-23(20)29-24(21)22(14-18)25(27)28/h2-14,27-28H,1H3. The molecule has 0 aliphatic rings. The van der Waals surface area contributed by atoms with Crippen LogP contribution in [0, 0.1) is 6.92 Å². The fourth-order valence-electron chi connectivity index (χ4n) is 3.84. The van der Waals surface area contributed by atoms with E-state index in [2.05, 4.69) is 23.2 Å². The van der Waals surface area contributed by atoms with Crippen LogP contribution in [0.2, 0.25) is 0 Å². The van der Waals surface area contributed by atoms with Gasteiger partial charge in [0.2, 0.25) is 0 Å². The van der Waals surface area contributed by atoms with Crippen LogP contribution < -0.4 is 5.46 Å². The van der Waals surface area contributed by atoms with Gasteiger partial charge < -0.3 is 14.5 Å². The lowest BCUT2D eigenvalue weighted by molar-refractivity contribution is 0.425. The van der Waals surface area contributed by atoms with Crippen LogP contribution in [0.3, 0.4) is 0 Å². The number of nitrogens with zero attached hydrogens (tertiary/aromatic N) is 1. The molecule has 5 aromatic rings. The first-order valence-electron chi connectivity index (χ1n) is 9.45. The molecule has 5 heteroatoms. The molecule has 2 N–H and O–H groups in total. The molecule has 4 nitrogen and oxygen atoms in total. The van der Waals surface area contributed by atoms with Gasteiger partial charge in [-0.15, -0.1) is 0 Å². The smallest absolute Gasteiger partial charge is 0.456 e. The lowest BCUT2D eigenvalue weighted by Gasteiger charge is -2.09. The lowest BCUT2D eigenvalue weighted by atomic mass is 9.77. The highest BCUT2D eigenvalue weighted by Crippen LogP contribution is 2.32. The van der Waals surface area contributed by atoms with Gasteiger partial charge in [0.15, 0.2) is 0 Å². The molecule has 0 fully saturated rings. The third-order valence-corrected chi connectivity index (χ3v) is 5.32. The number of hydrogen-bond donors (Lipinski definition) is 2. The number of para-hydroxylation sites is 1. The zero-order valence-electron chi connectivity index (χ0n) is 15.8. The van der Waals surface area contributed by atoms with Crippen molar-refractivity contribution in [3.8, 4) is 22.3 Å². The second-order valence-corrected chi connectivity index (χ2v) is 7.13. The number of aryl methyl sites for hydroxylation is 1. The SMILES string of the molecule is Cc1ncccc1-c1ccc(-c2cc(B(O)O)c3oc4ccccc4c3c2)cc1. The summed E-state index contributed by atoms with van der Waals surface area (Å²) in [6.07, 6.45) is 1.79. The van der Waals surface area contributed by atoms with E-state index in [1.807, 2.05) is 55.5 Å². The molecule has 2 aromatic heterocycles. The highest BCUT2D eigenvalue weighted by Gasteiger charge is 2.21. The van der Waals surface area contributed by atoms with E-state index in [-0.39, 0.29) is 0 Å². The van der Waals surface area contributed by atoms with Crippen molar-refractivity contribution in [2.75, 3.05) is 0 Å².